The molecule has 1 N–H and O–H groups in total. The molecule has 2 aromatic carbocycles. The molecule has 0 fully saturated rings. The minimum atomic E-state index is 0.0930. The largest absolute Gasteiger partial charge is 0.383 e. The molecule has 0 aliphatic carbocycles. The molecule has 0 unspecified atom stereocenters. The fourth-order valence-corrected chi connectivity index (χ4v) is 3.36. The van der Waals surface area contributed by atoms with E-state index >= 15 is 0 Å². The highest BCUT2D eigenvalue weighted by atomic mass is 16.5. The summed E-state index contributed by atoms with van der Waals surface area (Å²) in [6, 6.07) is 17.2. The maximum absolute atomic E-state index is 11.9. The molecule has 0 saturated carbocycles. The van der Waals surface area contributed by atoms with Crippen molar-refractivity contribution in [3.05, 3.63) is 71.4 Å². The van der Waals surface area contributed by atoms with Gasteiger partial charge in [0.05, 0.1) is 6.61 Å². The van der Waals surface area contributed by atoms with E-state index in [0.717, 1.165) is 19.4 Å². The van der Waals surface area contributed by atoms with Gasteiger partial charge in [0, 0.05) is 43.7 Å². The molecule has 0 aliphatic heterocycles. The van der Waals surface area contributed by atoms with Crippen molar-refractivity contribution in [3.8, 4) is 0 Å². The molecule has 0 bridgehead atoms. The van der Waals surface area contributed by atoms with Gasteiger partial charge in [0.1, 0.15) is 0 Å². The summed E-state index contributed by atoms with van der Waals surface area (Å²) in [5.41, 5.74) is 5.13. The Morgan fingerprint density at radius 1 is 1.11 bits per heavy atom. The number of hydrogen-bond donors (Lipinski definition) is 1. The predicted octanol–water partition coefficient (Wildman–Crippen LogP) is 4.08. The zero-order chi connectivity index (χ0) is 19.1. The van der Waals surface area contributed by atoms with E-state index in [1.54, 1.807) is 7.11 Å². The van der Waals surface area contributed by atoms with Crippen LogP contribution in [0.5, 0.6) is 0 Å². The molecule has 4 heteroatoms. The standard InChI is InChI=1S/C23H28N2O2/c1-18-10-12-19(13-11-18)16-25-17-20(21-7-3-4-8-22(21)25)6-5-9-23(26)24-14-15-27-2/h3-4,7-8,10-13,17H,5-6,9,14-16H2,1-2H3,(H,24,26). The van der Waals surface area contributed by atoms with Crippen LogP contribution in [-0.4, -0.2) is 30.7 Å². The van der Waals surface area contributed by atoms with Crippen LogP contribution in [0, 0.1) is 6.92 Å². The number of hydrogen-bond acceptors (Lipinski definition) is 2. The number of nitrogens with one attached hydrogen (secondary N) is 1. The van der Waals surface area contributed by atoms with Crippen LogP contribution in [0.2, 0.25) is 0 Å². The van der Waals surface area contributed by atoms with Crippen LogP contribution in [0.3, 0.4) is 0 Å². The lowest BCUT2D eigenvalue weighted by atomic mass is 10.1. The number of methoxy groups -OCH3 is 1. The molecule has 3 rings (SSSR count). The summed E-state index contributed by atoms with van der Waals surface area (Å²) < 4.78 is 7.27. The molecule has 1 aromatic heterocycles. The average Bonchev–Trinajstić information content (AvgIpc) is 3.02. The van der Waals surface area contributed by atoms with Gasteiger partial charge < -0.3 is 14.6 Å². The van der Waals surface area contributed by atoms with Gasteiger partial charge in [0.25, 0.3) is 0 Å². The van der Waals surface area contributed by atoms with Crippen molar-refractivity contribution in [2.75, 3.05) is 20.3 Å². The third kappa shape index (κ3) is 5.20. The van der Waals surface area contributed by atoms with Crippen molar-refractivity contribution in [1.29, 1.82) is 0 Å². The van der Waals surface area contributed by atoms with Crippen molar-refractivity contribution in [2.45, 2.75) is 32.7 Å². The Hall–Kier alpha value is -2.59. The second-order valence-corrected chi connectivity index (χ2v) is 6.98. The minimum Gasteiger partial charge on any atom is -0.383 e. The quantitative estimate of drug-likeness (QED) is 0.581. The van der Waals surface area contributed by atoms with Gasteiger partial charge in [-0.25, -0.2) is 0 Å². The summed E-state index contributed by atoms with van der Waals surface area (Å²) in [5, 5.41) is 4.16. The van der Waals surface area contributed by atoms with Gasteiger partial charge in [-0.05, 0) is 37.0 Å². The van der Waals surface area contributed by atoms with Crippen LogP contribution in [0.15, 0.2) is 54.7 Å². The number of para-hydroxylation sites is 1. The van der Waals surface area contributed by atoms with Crippen LogP contribution in [-0.2, 0) is 22.5 Å². The number of carbonyl (C=O) groups excluding carboxylic acids is 1. The van der Waals surface area contributed by atoms with Crippen LogP contribution in [0.25, 0.3) is 10.9 Å². The minimum absolute atomic E-state index is 0.0930. The van der Waals surface area contributed by atoms with Crippen LogP contribution < -0.4 is 5.32 Å². The highest BCUT2D eigenvalue weighted by molar-refractivity contribution is 5.84. The second-order valence-electron chi connectivity index (χ2n) is 6.98. The number of aromatic nitrogens is 1. The van der Waals surface area contributed by atoms with Gasteiger partial charge >= 0.3 is 0 Å². The van der Waals surface area contributed by atoms with E-state index in [4.69, 9.17) is 4.74 Å². The lowest BCUT2D eigenvalue weighted by Crippen LogP contribution is -2.26. The summed E-state index contributed by atoms with van der Waals surface area (Å²) in [6.45, 7) is 4.10. The Kier molecular flexibility index (Phi) is 6.66. The molecular formula is C23H28N2O2. The Labute approximate surface area is 161 Å². The SMILES string of the molecule is COCCNC(=O)CCCc1cn(Cc2ccc(C)cc2)c2ccccc12. The molecule has 3 aromatic rings. The fraction of sp³-hybridized carbons (Fsp3) is 0.348. The Morgan fingerprint density at radius 2 is 1.89 bits per heavy atom. The molecule has 142 valence electrons. The van der Waals surface area contributed by atoms with Crippen molar-refractivity contribution in [2.24, 2.45) is 0 Å². The number of amides is 1. The zero-order valence-corrected chi connectivity index (χ0v) is 16.2. The van der Waals surface area contributed by atoms with Gasteiger partial charge in [-0.2, -0.15) is 0 Å². The molecule has 0 aliphatic rings. The summed E-state index contributed by atoms with van der Waals surface area (Å²) >= 11 is 0. The Balaban J connectivity index is 1.67. The van der Waals surface area contributed by atoms with E-state index in [9.17, 15) is 4.79 Å². The monoisotopic (exact) mass is 364 g/mol. The van der Waals surface area contributed by atoms with Gasteiger partial charge in [-0.1, -0.05) is 48.0 Å². The number of aryl methyl sites for hydroxylation is 2. The normalized spacial score (nSPS) is 11.0. The molecule has 1 amide bonds. The topological polar surface area (TPSA) is 43.3 Å². The molecule has 4 nitrogen and oxygen atoms in total. The zero-order valence-electron chi connectivity index (χ0n) is 16.2. The highest BCUT2D eigenvalue weighted by Crippen LogP contribution is 2.24. The van der Waals surface area contributed by atoms with Crippen LogP contribution >= 0.6 is 0 Å². The highest BCUT2D eigenvalue weighted by Gasteiger charge is 2.09. The van der Waals surface area contributed by atoms with Gasteiger partial charge in [-0.3, -0.25) is 4.79 Å². The summed E-state index contributed by atoms with van der Waals surface area (Å²) in [5.74, 6) is 0.0930. The van der Waals surface area contributed by atoms with Crippen molar-refractivity contribution in [3.63, 3.8) is 0 Å². The molecule has 0 atom stereocenters. The maximum atomic E-state index is 11.9. The van der Waals surface area contributed by atoms with Crippen LogP contribution in [0.4, 0.5) is 0 Å². The number of ether oxygens (including phenoxy) is 1. The first-order chi connectivity index (χ1) is 13.2. The first kappa shape index (κ1) is 19.2. The number of carbonyl (C=O) groups is 1. The van der Waals surface area contributed by atoms with E-state index in [0.29, 0.717) is 19.6 Å². The van der Waals surface area contributed by atoms with Crippen molar-refractivity contribution in [1.82, 2.24) is 9.88 Å². The molecule has 0 radical (unpaired) electrons. The van der Waals surface area contributed by atoms with Crippen LogP contribution in [0.1, 0.15) is 29.5 Å². The third-order valence-electron chi connectivity index (χ3n) is 4.82. The van der Waals surface area contributed by atoms with Gasteiger partial charge in [0.15, 0.2) is 0 Å². The smallest absolute Gasteiger partial charge is 0.220 e. The van der Waals surface area contributed by atoms with E-state index in [1.807, 2.05) is 0 Å². The maximum Gasteiger partial charge on any atom is 0.220 e. The van der Waals surface area contributed by atoms with E-state index in [1.165, 1.54) is 27.6 Å². The first-order valence-electron chi connectivity index (χ1n) is 9.55. The summed E-state index contributed by atoms with van der Waals surface area (Å²) in [6.07, 6.45) is 4.53. The van der Waals surface area contributed by atoms with E-state index in [2.05, 4.69) is 71.5 Å². The molecule has 27 heavy (non-hydrogen) atoms. The third-order valence-corrected chi connectivity index (χ3v) is 4.82. The Bertz CT molecular complexity index is 881. The first-order valence-corrected chi connectivity index (χ1v) is 9.55. The molecule has 1 heterocycles. The summed E-state index contributed by atoms with van der Waals surface area (Å²) in [7, 11) is 1.64. The predicted molar refractivity (Wildman–Crippen MR) is 110 cm³/mol. The number of nitrogens with zero attached hydrogens (tertiary/aromatic N) is 1. The van der Waals surface area contributed by atoms with Crippen molar-refractivity contribution >= 4 is 16.8 Å². The number of fused-ring (bicyclic) bond motifs is 1. The summed E-state index contributed by atoms with van der Waals surface area (Å²) in [4.78, 5) is 11.9. The number of rotatable bonds is 9. The van der Waals surface area contributed by atoms with Crippen molar-refractivity contribution < 1.29 is 9.53 Å². The fourth-order valence-electron chi connectivity index (χ4n) is 3.36. The van der Waals surface area contributed by atoms with Gasteiger partial charge in [0.2, 0.25) is 5.91 Å². The Morgan fingerprint density at radius 3 is 2.67 bits per heavy atom. The molecule has 0 spiro atoms. The van der Waals surface area contributed by atoms with Gasteiger partial charge in [-0.15, -0.1) is 0 Å². The number of benzene rings is 2. The molecular weight excluding hydrogens is 336 g/mol. The second kappa shape index (κ2) is 9.38. The average molecular weight is 364 g/mol. The van der Waals surface area contributed by atoms with E-state index in [-0.39, 0.29) is 5.91 Å². The van der Waals surface area contributed by atoms with E-state index < -0.39 is 0 Å². The lowest BCUT2D eigenvalue weighted by Gasteiger charge is -2.06. The lowest BCUT2D eigenvalue weighted by molar-refractivity contribution is -0.121. The molecule has 0 saturated heterocycles.